The van der Waals surface area contributed by atoms with E-state index in [9.17, 15) is 8.42 Å². The van der Waals surface area contributed by atoms with Crippen LogP contribution in [0, 0.1) is 0 Å². The maximum absolute atomic E-state index is 11.6. The Bertz CT molecular complexity index is 471. The van der Waals surface area contributed by atoms with Gasteiger partial charge in [0.1, 0.15) is 0 Å². The molecule has 0 amide bonds. The topological polar surface area (TPSA) is 55.4 Å². The number of hydrogen-bond donors (Lipinski definition) is 1. The zero-order valence-electron chi connectivity index (χ0n) is 11.7. The predicted octanol–water partition coefficient (Wildman–Crippen LogP) is 1.75. The largest absolute Gasteiger partial charge is 0.380 e. The Morgan fingerprint density at radius 3 is 2.47 bits per heavy atom. The summed E-state index contributed by atoms with van der Waals surface area (Å²) in [5.74, 6) is 0.474. The van der Waals surface area contributed by atoms with Gasteiger partial charge in [-0.25, -0.2) is 8.42 Å². The molecular weight excluding hydrogens is 262 g/mol. The van der Waals surface area contributed by atoms with Crippen LogP contribution in [0.3, 0.4) is 0 Å². The zero-order valence-corrected chi connectivity index (χ0v) is 12.5. The van der Waals surface area contributed by atoms with Crippen LogP contribution in [0.5, 0.6) is 0 Å². The van der Waals surface area contributed by atoms with Crippen LogP contribution in [0.15, 0.2) is 24.3 Å². The maximum atomic E-state index is 11.6. The summed E-state index contributed by atoms with van der Waals surface area (Å²) in [4.78, 5) is 0. The molecular formula is C14H23NO3S. The smallest absolute Gasteiger partial charge is 0.151 e. The molecule has 108 valence electrons. The van der Waals surface area contributed by atoms with Crippen LogP contribution in [-0.2, 0) is 27.7 Å². The SMILES string of the molecule is CCCS(=O)(=O)CCNCc1ccccc1COC. The average Bonchev–Trinajstić information content (AvgIpc) is 2.37. The molecule has 1 N–H and O–H groups in total. The van der Waals surface area contributed by atoms with Gasteiger partial charge in [0.15, 0.2) is 9.84 Å². The van der Waals surface area contributed by atoms with E-state index in [-0.39, 0.29) is 11.5 Å². The second-order valence-electron chi connectivity index (χ2n) is 4.53. The Labute approximate surface area is 116 Å². The van der Waals surface area contributed by atoms with Crippen LogP contribution in [0.1, 0.15) is 24.5 Å². The van der Waals surface area contributed by atoms with Crippen molar-refractivity contribution in [3.63, 3.8) is 0 Å². The minimum Gasteiger partial charge on any atom is -0.380 e. The first-order valence-corrected chi connectivity index (χ1v) is 8.38. The van der Waals surface area contributed by atoms with Crippen molar-refractivity contribution in [2.24, 2.45) is 0 Å². The molecule has 0 radical (unpaired) electrons. The molecule has 0 aliphatic heterocycles. The van der Waals surface area contributed by atoms with Crippen molar-refractivity contribution in [1.29, 1.82) is 0 Å². The second kappa shape index (κ2) is 8.30. The lowest BCUT2D eigenvalue weighted by molar-refractivity contribution is 0.184. The highest BCUT2D eigenvalue weighted by molar-refractivity contribution is 7.91. The van der Waals surface area contributed by atoms with Gasteiger partial charge in [0.05, 0.1) is 12.4 Å². The Morgan fingerprint density at radius 1 is 1.16 bits per heavy atom. The van der Waals surface area contributed by atoms with Gasteiger partial charge in [0, 0.05) is 26.0 Å². The van der Waals surface area contributed by atoms with E-state index in [0.717, 1.165) is 11.1 Å². The number of methoxy groups -OCH3 is 1. The predicted molar refractivity (Wildman–Crippen MR) is 77.8 cm³/mol. The van der Waals surface area contributed by atoms with Crippen LogP contribution < -0.4 is 5.32 Å². The summed E-state index contributed by atoms with van der Waals surface area (Å²) in [6.45, 7) is 3.61. The summed E-state index contributed by atoms with van der Waals surface area (Å²) in [6.07, 6.45) is 0.680. The van der Waals surface area contributed by atoms with Gasteiger partial charge in [-0.15, -0.1) is 0 Å². The number of rotatable bonds is 9. The third kappa shape index (κ3) is 6.18. The van der Waals surface area contributed by atoms with Gasteiger partial charge < -0.3 is 10.1 Å². The molecule has 1 rings (SSSR count). The maximum Gasteiger partial charge on any atom is 0.151 e. The highest BCUT2D eigenvalue weighted by Gasteiger charge is 2.08. The van der Waals surface area contributed by atoms with Crippen molar-refractivity contribution in [2.45, 2.75) is 26.5 Å². The fourth-order valence-corrected chi connectivity index (χ4v) is 3.17. The molecule has 4 nitrogen and oxygen atoms in total. The van der Waals surface area contributed by atoms with Gasteiger partial charge in [0.2, 0.25) is 0 Å². The molecule has 0 unspecified atom stereocenters. The number of sulfone groups is 1. The van der Waals surface area contributed by atoms with Crippen LogP contribution in [0.4, 0.5) is 0 Å². The Morgan fingerprint density at radius 2 is 1.84 bits per heavy atom. The Hall–Kier alpha value is -0.910. The monoisotopic (exact) mass is 285 g/mol. The molecule has 0 fully saturated rings. The molecule has 1 aromatic rings. The average molecular weight is 285 g/mol. The van der Waals surface area contributed by atoms with E-state index >= 15 is 0 Å². The lowest BCUT2D eigenvalue weighted by Gasteiger charge is -2.10. The molecule has 5 heteroatoms. The van der Waals surface area contributed by atoms with Crippen LogP contribution in [-0.4, -0.2) is 33.6 Å². The molecule has 0 aromatic heterocycles. The first-order chi connectivity index (χ1) is 9.09. The highest BCUT2D eigenvalue weighted by atomic mass is 32.2. The minimum atomic E-state index is -2.89. The van der Waals surface area contributed by atoms with Crippen molar-refractivity contribution in [3.05, 3.63) is 35.4 Å². The van der Waals surface area contributed by atoms with Crippen molar-refractivity contribution < 1.29 is 13.2 Å². The third-order valence-electron chi connectivity index (χ3n) is 2.84. The molecule has 0 atom stereocenters. The van der Waals surface area contributed by atoms with E-state index in [1.807, 2.05) is 31.2 Å². The quantitative estimate of drug-likeness (QED) is 0.702. The number of ether oxygens (including phenoxy) is 1. The van der Waals surface area contributed by atoms with Crippen LogP contribution in [0.25, 0.3) is 0 Å². The van der Waals surface area contributed by atoms with Crippen molar-refractivity contribution in [3.8, 4) is 0 Å². The van der Waals surface area contributed by atoms with Gasteiger partial charge in [-0.2, -0.15) is 0 Å². The van der Waals surface area contributed by atoms with E-state index in [4.69, 9.17) is 4.74 Å². The van der Waals surface area contributed by atoms with Crippen LogP contribution >= 0.6 is 0 Å². The molecule has 0 heterocycles. The molecule has 0 saturated heterocycles. The van der Waals surface area contributed by atoms with Gasteiger partial charge in [-0.3, -0.25) is 0 Å². The zero-order chi connectivity index (χ0) is 14.1. The summed E-state index contributed by atoms with van der Waals surface area (Å²) in [6, 6.07) is 8.00. The van der Waals surface area contributed by atoms with Gasteiger partial charge in [-0.05, 0) is 17.5 Å². The van der Waals surface area contributed by atoms with E-state index < -0.39 is 9.84 Å². The summed E-state index contributed by atoms with van der Waals surface area (Å²) in [7, 11) is -1.23. The molecule has 0 aliphatic carbocycles. The van der Waals surface area contributed by atoms with E-state index in [2.05, 4.69) is 5.32 Å². The summed E-state index contributed by atoms with van der Waals surface area (Å²) in [5, 5.41) is 3.18. The lowest BCUT2D eigenvalue weighted by atomic mass is 10.1. The molecule has 19 heavy (non-hydrogen) atoms. The number of benzene rings is 1. The standard InChI is InChI=1S/C14H23NO3S/c1-3-9-19(16,17)10-8-15-11-13-6-4-5-7-14(13)12-18-2/h4-7,15H,3,8-12H2,1-2H3. The van der Waals surface area contributed by atoms with Crippen molar-refractivity contribution in [1.82, 2.24) is 5.32 Å². The van der Waals surface area contributed by atoms with Gasteiger partial charge in [0.25, 0.3) is 0 Å². The summed E-state index contributed by atoms with van der Waals surface area (Å²) in [5.41, 5.74) is 2.28. The molecule has 0 bridgehead atoms. The van der Waals surface area contributed by atoms with Crippen molar-refractivity contribution >= 4 is 9.84 Å². The van der Waals surface area contributed by atoms with Gasteiger partial charge in [-0.1, -0.05) is 31.2 Å². The number of hydrogen-bond acceptors (Lipinski definition) is 4. The van der Waals surface area contributed by atoms with Gasteiger partial charge >= 0.3 is 0 Å². The third-order valence-corrected chi connectivity index (χ3v) is 4.70. The minimum absolute atomic E-state index is 0.202. The Balaban J connectivity index is 2.41. The number of nitrogens with one attached hydrogen (secondary N) is 1. The summed E-state index contributed by atoms with van der Waals surface area (Å²) < 4.78 is 28.2. The fraction of sp³-hybridized carbons (Fsp3) is 0.571. The second-order valence-corrected chi connectivity index (χ2v) is 6.83. The fourth-order valence-electron chi connectivity index (χ4n) is 1.89. The highest BCUT2D eigenvalue weighted by Crippen LogP contribution is 2.09. The van der Waals surface area contributed by atoms with E-state index in [1.165, 1.54) is 0 Å². The van der Waals surface area contributed by atoms with Crippen LogP contribution in [0.2, 0.25) is 0 Å². The molecule has 0 aliphatic rings. The first kappa shape index (κ1) is 16.1. The molecule has 0 saturated carbocycles. The molecule has 0 spiro atoms. The Kier molecular flexibility index (Phi) is 7.05. The normalized spacial score (nSPS) is 11.7. The van der Waals surface area contributed by atoms with E-state index in [1.54, 1.807) is 7.11 Å². The summed E-state index contributed by atoms with van der Waals surface area (Å²) >= 11 is 0. The molecule has 1 aromatic carbocycles. The van der Waals surface area contributed by atoms with Crippen molar-refractivity contribution in [2.75, 3.05) is 25.2 Å². The lowest BCUT2D eigenvalue weighted by Crippen LogP contribution is -2.24. The van der Waals surface area contributed by atoms with E-state index in [0.29, 0.717) is 26.1 Å². The first-order valence-electron chi connectivity index (χ1n) is 6.56.